The Balaban J connectivity index is 2.42. The molecule has 0 spiro atoms. The highest BCUT2D eigenvalue weighted by Gasteiger charge is 2.31. The number of nitrogens with one attached hydrogen (secondary N) is 2. The molecule has 1 aromatic rings. The SMILES string of the molecule is CCOc1cccc2c1NC(=O)C2NC. The Morgan fingerprint density at radius 2 is 2.33 bits per heavy atom. The second kappa shape index (κ2) is 3.90. The van der Waals surface area contributed by atoms with Gasteiger partial charge in [0.15, 0.2) is 0 Å². The Morgan fingerprint density at radius 3 is 3.00 bits per heavy atom. The number of hydrogen-bond donors (Lipinski definition) is 2. The molecule has 15 heavy (non-hydrogen) atoms. The van der Waals surface area contributed by atoms with Crippen LogP contribution in [0.25, 0.3) is 0 Å². The molecule has 0 aromatic heterocycles. The van der Waals surface area contributed by atoms with E-state index in [9.17, 15) is 4.79 Å². The first kappa shape index (κ1) is 9.98. The minimum Gasteiger partial charge on any atom is -0.492 e. The summed E-state index contributed by atoms with van der Waals surface area (Å²) in [5.74, 6) is 0.709. The smallest absolute Gasteiger partial charge is 0.246 e. The summed E-state index contributed by atoms with van der Waals surface area (Å²) >= 11 is 0. The standard InChI is InChI=1S/C11H14N2O2/c1-3-15-8-6-4-5-7-9(8)13-11(14)10(7)12-2/h4-6,10,12H,3H2,1-2H3,(H,13,14). The third kappa shape index (κ3) is 1.57. The average molecular weight is 206 g/mol. The number of anilines is 1. The summed E-state index contributed by atoms with van der Waals surface area (Å²) in [6.07, 6.45) is 0. The molecule has 80 valence electrons. The first-order valence-corrected chi connectivity index (χ1v) is 5.01. The van der Waals surface area contributed by atoms with Crippen molar-refractivity contribution in [3.8, 4) is 5.75 Å². The fourth-order valence-corrected chi connectivity index (χ4v) is 1.82. The first-order valence-electron chi connectivity index (χ1n) is 5.01. The molecule has 0 saturated heterocycles. The van der Waals surface area contributed by atoms with Gasteiger partial charge in [-0.05, 0) is 20.0 Å². The predicted octanol–water partition coefficient (Wildman–Crippen LogP) is 1.30. The largest absolute Gasteiger partial charge is 0.492 e. The van der Waals surface area contributed by atoms with Crippen LogP contribution in [-0.4, -0.2) is 19.6 Å². The molecule has 0 saturated carbocycles. The van der Waals surface area contributed by atoms with Crippen molar-refractivity contribution >= 4 is 11.6 Å². The summed E-state index contributed by atoms with van der Waals surface area (Å²) in [7, 11) is 1.77. The van der Waals surface area contributed by atoms with Crippen LogP contribution in [0.3, 0.4) is 0 Å². The lowest BCUT2D eigenvalue weighted by molar-refractivity contribution is -0.117. The number of ether oxygens (including phenoxy) is 1. The molecule has 4 heteroatoms. The van der Waals surface area contributed by atoms with Gasteiger partial charge in [0.05, 0.1) is 12.3 Å². The van der Waals surface area contributed by atoms with Crippen LogP contribution in [0.4, 0.5) is 5.69 Å². The molecule has 1 heterocycles. The highest BCUT2D eigenvalue weighted by molar-refractivity contribution is 6.04. The lowest BCUT2D eigenvalue weighted by Gasteiger charge is -2.09. The van der Waals surface area contributed by atoms with Crippen molar-refractivity contribution in [2.24, 2.45) is 0 Å². The fraction of sp³-hybridized carbons (Fsp3) is 0.364. The van der Waals surface area contributed by atoms with Crippen LogP contribution in [-0.2, 0) is 4.79 Å². The van der Waals surface area contributed by atoms with Gasteiger partial charge in [-0.3, -0.25) is 4.79 Å². The summed E-state index contributed by atoms with van der Waals surface area (Å²) < 4.78 is 5.45. The molecule has 1 aliphatic heterocycles. The van der Waals surface area contributed by atoms with E-state index in [4.69, 9.17) is 4.74 Å². The highest BCUT2D eigenvalue weighted by atomic mass is 16.5. The van der Waals surface area contributed by atoms with Crippen molar-refractivity contribution in [2.75, 3.05) is 19.0 Å². The molecule has 4 nitrogen and oxygen atoms in total. The molecule has 1 atom stereocenters. The van der Waals surface area contributed by atoms with E-state index in [1.54, 1.807) is 7.05 Å². The minimum atomic E-state index is -0.264. The van der Waals surface area contributed by atoms with Crippen LogP contribution < -0.4 is 15.4 Å². The molecule has 1 amide bonds. The zero-order chi connectivity index (χ0) is 10.8. The molecule has 0 bridgehead atoms. The Labute approximate surface area is 88.6 Å². The molecule has 1 aromatic carbocycles. The monoisotopic (exact) mass is 206 g/mol. The number of amides is 1. The number of fused-ring (bicyclic) bond motifs is 1. The summed E-state index contributed by atoms with van der Waals surface area (Å²) in [5, 5.41) is 5.80. The van der Waals surface area contributed by atoms with Crippen LogP contribution >= 0.6 is 0 Å². The molecule has 0 radical (unpaired) electrons. The van der Waals surface area contributed by atoms with E-state index in [0.29, 0.717) is 6.61 Å². The van der Waals surface area contributed by atoms with E-state index >= 15 is 0 Å². The summed E-state index contributed by atoms with van der Waals surface area (Å²) in [4.78, 5) is 11.6. The van der Waals surface area contributed by atoms with Crippen molar-refractivity contribution in [1.82, 2.24) is 5.32 Å². The summed E-state index contributed by atoms with van der Waals surface area (Å²) in [6, 6.07) is 5.42. The zero-order valence-corrected chi connectivity index (χ0v) is 8.83. The maximum atomic E-state index is 11.6. The van der Waals surface area contributed by atoms with Gasteiger partial charge < -0.3 is 15.4 Å². The average Bonchev–Trinajstić information content (AvgIpc) is 2.55. The molecule has 0 fully saturated rings. The second-order valence-corrected chi connectivity index (χ2v) is 3.36. The Morgan fingerprint density at radius 1 is 1.53 bits per heavy atom. The van der Waals surface area contributed by atoms with Gasteiger partial charge in [0.2, 0.25) is 5.91 Å². The number of likely N-dealkylation sites (N-methyl/N-ethyl adjacent to an activating group) is 1. The normalized spacial score (nSPS) is 18.5. The molecule has 2 N–H and O–H groups in total. The van der Waals surface area contributed by atoms with E-state index in [1.807, 2.05) is 25.1 Å². The van der Waals surface area contributed by atoms with Gasteiger partial charge in [-0.25, -0.2) is 0 Å². The fourth-order valence-electron chi connectivity index (χ4n) is 1.82. The number of carbonyl (C=O) groups is 1. The van der Waals surface area contributed by atoms with E-state index < -0.39 is 0 Å². The first-order chi connectivity index (χ1) is 7.27. The number of benzene rings is 1. The van der Waals surface area contributed by atoms with E-state index in [2.05, 4.69) is 10.6 Å². The number of rotatable bonds is 3. The molecule has 2 rings (SSSR count). The van der Waals surface area contributed by atoms with Crippen molar-refractivity contribution in [3.63, 3.8) is 0 Å². The minimum absolute atomic E-state index is 0.0281. The van der Waals surface area contributed by atoms with Gasteiger partial charge in [-0.15, -0.1) is 0 Å². The van der Waals surface area contributed by atoms with Crippen LogP contribution in [0.1, 0.15) is 18.5 Å². The van der Waals surface area contributed by atoms with Gasteiger partial charge in [0.25, 0.3) is 0 Å². The van der Waals surface area contributed by atoms with Crippen molar-refractivity contribution in [2.45, 2.75) is 13.0 Å². The van der Waals surface area contributed by atoms with Gasteiger partial charge in [-0.2, -0.15) is 0 Å². The topological polar surface area (TPSA) is 50.4 Å². The zero-order valence-electron chi connectivity index (χ0n) is 8.83. The number of carbonyl (C=O) groups excluding carboxylic acids is 1. The van der Waals surface area contributed by atoms with Crippen LogP contribution in [0.2, 0.25) is 0 Å². The Hall–Kier alpha value is -1.55. The van der Waals surface area contributed by atoms with Gasteiger partial charge >= 0.3 is 0 Å². The third-order valence-electron chi connectivity index (χ3n) is 2.47. The van der Waals surface area contributed by atoms with E-state index in [1.165, 1.54) is 0 Å². The molecule has 1 unspecified atom stereocenters. The van der Waals surface area contributed by atoms with Gasteiger partial charge in [-0.1, -0.05) is 12.1 Å². The molecule has 1 aliphatic rings. The van der Waals surface area contributed by atoms with Gasteiger partial charge in [0.1, 0.15) is 11.8 Å². The van der Waals surface area contributed by atoms with Crippen LogP contribution in [0.5, 0.6) is 5.75 Å². The molecule has 0 aliphatic carbocycles. The lowest BCUT2D eigenvalue weighted by Crippen LogP contribution is -2.23. The Kier molecular flexibility index (Phi) is 2.60. The van der Waals surface area contributed by atoms with E-state index in [0.717, 1.165) is 17.0 Å². The van der Waals surface area contributed by atoms with Crippen LogP contribution in [0.15, 0.2) is 18.2 Å². The van der Waals surface area contributed by atoms with E-state index in [-0.39, 0.29) is 11.9 Å². The lowest BCUT2D eigenvalue weighted by atomic mass is 10.1. The molecular formula is C11H14N2O2. The maximum Gasteiger partial charge on any atom is 0.246 e. The number of para-hydroxylation sites is 1. The molecular weight excluding hydrogens is 192 g/mol. The summed E-state index contributed by atoms with van der Waals surface area (Å²) in [6.45, 7) is 2.52. The Bertz CT molecular complexity index is 390. The van der Waals surface area contributed by atoms with Crippen LogP contribution in [0, 0.1) is 0 Å². The maximum absolute atomic E-state index is 11.6. The third-order valence-corrected chi connectivity index (χ3v) is 2.47. The summed E-state index contributed by atoms with van der Waals surface area (Å²) in [5.41, 5.74) is 1.75. The number of hydrogen-bond acceptors (Lipinski definition) is 3. The van der Waals surface area contributed by atoms with Crippen molar-refractivity contribution in [3.05, 3.63) is 23.8 Å². The van der Waals surface area contributed by atoms with Crippen molar-refractivity contribution in [1.29, 1.82) is 0 Å². The predicted molar refractivity (Wildman–Crippen MR) is 58.0 cm³/mol. The second-order valence-electron chi connectivity index (χ2n) is 3.36. The van der Waals surface area contributed by atoms with Gasteiger partial charge in [0, 0.05) is 5.56 Å². The quantitative estimate of drug-likeness (QED) is 0.783. The highest BCUT2D eigenvalue weighted by Crippen LogP contribution is 2.37. The van der Waals surface area contributed by atoms with Crippen molar-refractivity contribution < 1.29 is 9.53 Å².